The van der Waals surface area contributed by atoms with Gasteiger partial charge in [-0.15, -0.1) is 0 Å². The highest BCUT2D eigenvalue weighted by Gasteiger charge is 2.24. The second-order valence-corrected chi connectivity index (χ2v) is 5.86. The first-order valence-corrected chi connectivity index (χ1v) is 8.76. The van der Waals surface area contributed by atoms with Gasteiger partial charge < -0.3 is 20.1 Å². The van der Waals surface area contributed by atoms with Gasteiger partial charge in [0.15, 0.2) is 0 Å². The first-order valence-electron chi connectivity index (χ1n) is 8.76. The summed E-state index contributed by atoms with van der Waals surface area (Å²) in [6.45, 7) is 7.66. The standard InChI is InChI=1S/C19H28N2O5/c1-6-25-16(22)9-8-15(19(24)26-7-2)21-18(23)14-10-12(3)17(20-5)13(4)11-14/h10-11,15,20H,6-9H2,1-5H3,(H,21,23)/t15-/m0/s1. The Kier molecular flexibility index (Phi) is 8.61. The first-order chi connectivity index (χ1) is 12.3. The fraction of sp³-hybridized carbons (Fsp3) is 0.526. The second kappa shape index (κ2) is 10.4. The average molecular weight is 364 g/mol. The molecule has 1 amide bonds. The Hall–Kier alpha value is -2.57. The molecule has 1 aromatic rings. The average Bonchev–Trinajstić information content (AvgIpc) is 2.58. The normalized spacial score (nSPS) is 11.4. The number of amides is 1. The van der Waals surface area contributed by atoms with Crippen molar-refractivity contribution in [2.75, 3.05) is 25.6 Å². The fourth-order valence-corrected chi connectivity index (χ4v) is 2.72. The molecular formula is C19H28N2O5. The van der Waals surface area contributed by atoms with E-state index in [1.54, 1.807) is 26.0 Å². The van der Waals surface area contributed by atoms with Crippen LogP contribution in [0.1, 0.15) is 48.2 Å². The molecule has 0 saturated carbocycles. The summed E-state index contributed by atoms with van der Waals surface area (Å²) in [4.78, 5) is 36.2. The summed E-state index contributed by atoms with van der Waals surface area (Å²) >= 11 is 0. The molecule has 0 saturated heterocycles. The molecule has 0 bridgehead atoms. The predicted octanol–water partition coefficient (Wildman–Crippen LogP) is 2.35. The molecule has 26 heavy (non-hydrogen) atoms. The lowest BCUT2D eigenvalue weighted by atomic mass is 10.0. The van der Waals surface area contributed by atoms with Crippen LogP contribution in [0.4, 0.5) is 5.69 Å². The molecule has 0 radical (unpaired) electrons. The molecule has 0 fully saturated rings. The highest BCUT2D eigenvalue weighted by atomic mass is 16.5. The maximum Gasteiger partial charge on any atom is 0.328 e. The maximum atomic E-state index is 12.6. The third-order valence-corrected chi connectivity index (χ3v) is 3.86. The van der Waals surface area contributed by atoms with Gasteiger partial charge in [-0.2, -0.15) is 0 Å². The molecule has 0 aromatic heterocycles. The highest BCUT2D eigenvalue weighted by Crippen LogP contribution is 2.21. The van der Waals surface area contributed by atoms with Gasteiger partial charge in [0.25, 0.3) is 5.91 Å². The first kappa shape index (κ1) is 21.5. The molecule has 7 heteroatoms. The van der Waals surface area contributed by atoms with Crippen LogP contribution in [0.15, 0.2) is 12.1 Å². The maximum absolute atomic E-state index is 12.6. The quantitative estimate of drug-likeness (QED) is 0.653. The number of carbonyl (C=O) groups is 3. The van der Waals surface area contributed by atoms with E-state index in [0.717, 1.165) is 16.8 Å². The van der Waals surface area contributed by atoms with Crippen LogP contribution in [0.3, 0.4) is 0 Å². The van der Waals surface area contributed by atoms with E-state index >= 15 is 0 Å². The zero-order valence-electron chi connectivity index (χ0n) is 16.1. The van der Waals surface area contributed by atoms with E-state index in [1.807, 2.05) is 20.9 Å². The van der Waals surface area contributed by atoms with Crippen molar-refractivity contribution in [2.24, 2.45) is 0 Å². The van der Waals surface area contributed by atoms with Gasteiger partial charge in [0, 0.05) is 24.7 Å². The molecule has 0 aliphatic rings. The van der Waals surface area contributed by atoms with Crippen LogP contribution in [0, 0.1) is 13.8 Å². The van der Waals surface area contributed by atoms with Crippen molar-refractivity contribution in [1.82, 2.24) is 5.32 Å². The topological polar surface area (TPSA) is 93.7 Å². The summed E-state index contributed by atoms with van der Waals surface area (Å²) in [6.07, 6.45) is 0.143. The minimum atomic E-state index is -0.906. The molecule has 0 unspecified atom stereocenters. The number of carbonyl (C=O) groups excluding carboxylic acids is 3. The number of ether oxygens (including phenoxy) is 2. The van der Waals surface area contributed by atoms with Crippen LogP contribution in [0.25, 0.3) is 0 Å². The number of esters is 2. The van der Waals surface area contributed by atoms with E-state index in [0.29, 0.717) is 5.56 Å². The lowest BCUT2D eigenvalue weighted by molar-refractivity contribution is -0.146. The van der Waals surface area contributed by atoms with Gasteiger partial charge in [0.05, 0.1) is 13.2 Å². The number of hydrogen-bond donors (Lipinski definition) is 2. The number of hydrogen-bond acceptors (Lipinski definition) is 6. The van der Waals surface area contributed by atoms with E-state index in [1.165, 1.54) is 0 Å². The van der Waals surface area contributed by atoms with Crippen molar-refractivity contribution in [1.29, 1.82) is 0 Å². The second-order valence-electron chi connectivity index (χ2n) is 5.86. The highest BCUT2D eigenvalue weighted by molar-refractivity contribution is 5.97. The molecule has 0 spiro atoms. The largest absolute Gasteiger partial charge is 0.466 e. The van der Waals surface area contributed by atoms with Crippen LogP contribution < -0.4 is 10.6 Å². The number of nitrogens with one attached hydrogen (secondary N) is 2. The number of aryl methyl sites for hydroxylation is 2. The summed E-state index contributed by atoms with van der Waals surface area (Å²) < 4.78 is 9.87. The Bertz CT molecular complexity index is 634. The summed E-state index contributed by atoms with van der Waals surface area (Å²) in [5.74, 6) is -1.37. The van der Waals surface area contributed by atoms with Gasteiger partial charge in [-0.3, -0.25) is 9.59 Å². The lowest BCUT2D eigenvalue weighted by Crippen LogP contribution is -2.42. The minimum Gasteiger partial charge on any atom is -0.466 e. The number of anilines is 1. The monoisotopic (exact) mass is 364 g/mol. The van der Waals surface area contributed by atoms with Crippen LogP contribution in [0.2, 0.25) is 0 Å². The van der Waals surface area contributed by atoms with E-state index in [4.69, 9.17) is 9.47 Å². The Morgan fingerprint density at radius 2 is 1.62 bits per heavy atom. The molecule has 1 aromatic carbocycles. The van der Waals surface area contributed by atoms with Crippen LogP contribution in [-0.4, -0.2) is 44.1 Å². The van der Waals surface area contributed by atoms with Gasteiger partial charge >= 0.3 is 11.9 Å². The molecule has 144 valence electrons. The zero-order chi connectivity index (χ0) is 19.7. The van der Waals surface area contributed by atoms with Gasteiger partial charge in [-0.05, 0) is 57.4 Å². The Morgan fingerprint density at radius 3 is 2.12 bits per heavy atom. The number of rotatable bonds is 9. The molecule has 0 aliphatic heterocycles. The molecule has 7 nitrogen and oxygen atoms in total. The third-order valence-electron chi connectivity index (χ3n) is 3.86. The van der Waals surface area contributed by atoms with Crippen LogP contribution in [-0.2, 0) is 19.1 Å². The van der Waals surface area contributed by atoms with Crippen molar-refractivity contribution >= 4 is 23.5 Å². The molecule has 1 atom stereocenters. The fourth-order valence-electron chi connectivity index (χ4n) is 2.72. The van der Waals surface area contributed by atoms with Gasteiger partial charge in [0.1, 0.15) is 6.04 Å². The smallest absolute Gasteiger partial charge is 0.328 e. The van der Waals surface area contributed by atoms with E-state index < -0.39 is 18.0 Å². The van der Waals surface area contributed by atoms with Gasteiger partial charge in [-0.1, -0.05) is 0 Å². The van der Waals surface area contributed by atoms with E-state index in [2.05, 4.69) is 10.6 Å². The Labute approximate surface area is 154 Å². The van der Waals surface area contributed by atoms with E-state index in [-0.39, 0.29) is 32.0 Å². The molecule has 0 heterocycles. The SMILES string of the molecule is CCOC(=O)CC[C@H](NC(=O)c1cc(C)c(NC)c(C)c1)C(=O)OCC. The molecular weight excluding hydrogens is 336 g/mol. The lowest BCUT2D eigenvalue weighted by Gasteiger charge is -2.18. The summed E-state index contributed by atoms with van der Waals surface area (Å²) in [5.41, 5.74) is 3.27. The summed E-state index contributed by atoms with van der Waals surface area (Å²) in [6, 6.07) is 2.60. The van der Waals surface area contributed by atoms with Crippen LogP contribution >= 0.6 is 0 Å². The summed E-state index contributed by atoms with van der Waals surface area (Å²) in [5, 5.41) is 5.76. The Balaban J connectivity index is 2.90. The van der Waals surface area contributed by atoms with E-state index in [9.17, 15) is 14.4 Å². The van der Waals surface area contributed by atoms with Crippen LogP contribution in [0.5, 0.6) is 0 Å². The van der Waals surface area contributed by atoms with Gasteiger partial charge in [-0.25, -0.2) is 4.79 Å². The third kappa shape index (κ3) is 6.06. The molecule has 0 aliphatic carbocycles. The van der Waals surface area contributed by atoms with Crippen molar-refractivity contribution < 1.29 is 23.9 Å². The zero-order valence-corrected chi connectivity index (χ0v) is 16.1. The van der Waals surface area contributed by atoms with Crippen molar-refractivity contribution in [3.05, 3.63) is 28.8 Å². The molecule has 1 rings (SSSR count). The number of benzene rings is 1. The minimum absolute atomic E-state index is 0.0222. The van der Waals surface area contributed by atoms with Gasteiger partial charge in [0.2, 0.25) is 0 Å². The Morgan fingerprint density at radius 1 is 1.04 bits per heavy atom. The summed E-state index contributed by atoms with van der Waals surface area (Å²) in [7, 11) is 1.82. The predicted molar refractivity (Wildman–Crippen MR) is 99.2 cm³/mol. The van der Waals surface area contributed by atoms with Crippen molar-refractivity contribution in [3.63, 3.8) is 0 Å². The molecule has 2 N–H and O–H groups in total. The van der Waals surface area contributed by atoms with Crippen molar-refractivity contribution in [2.45, 2.75) is 46.6 Å². The van der Waals surface area contributed by atoms with Crippen molar-refractivity contribution in [3.8, 4) is 0 Å².